The smallest absolute Gasteiger partial charge is 0.269 e. The van der Waals surface area contributed by atoms with Crippen molar-refractivity contribution in [2.45, 2.75) is 13.5 Å². The summed E-state index contributed by atoms with van der Waals surface area (Å²) in [5, 5.41) is 21.0. The van der Waals surface area contributed by atoms with E-state index in [9.17, 15) is 15.4 Å². The summed E-state index contributed by atoms with van der Waals surface area (Å²) in [6.07, 6.45) is 1.64. The number of aromatic nitrogens is 2. The maximum atomic E-state index is 10.8. The van der Waals surface area contributed by atoms with Crippen molar-refractivity contribution >= 4 is 51.6 Å². The molecule has 7 nitrogen and oxygen atoms in total. The Balaban J connectivity index is 1.56. The number of allylic oxidation sites excluding steroid dienone is 1. The number of ether oxygens (including phenoxy) is 1. The molecular formula is C24H16Cl2N4O3. The fourth-order valence-corrected chi connectivity index (χ4v) is 3.85. The van der Waals surface area contributed by atoms with Gasteiger partial charge in [-0.3, -0.25) is 10.1 Å². The second-order valence-corrected chi connectivity index (χ2v) is 8.12. The number of nitro groups is 1. The molecule has 0 saturated heterocycles. The highest BCUT2D eigenvalue weighted by molar-refractivity contribution is 6.37. The average Bonchev–Trinajstić information content (AvgIpc) is 3.20. The number of nitriles is 1. The van der Waals surface area contributed by atoms with E-state index < -0.39 is 4.92 Å². The molecule has 3 aromatic carbocycles. The number of nitrogens with zero attached hydrogens (tertiary/aromatic N) is 3. The van der Waals surface area contributed by atoms with Crippen molar-refractivity contribution in [2.24, 2.45) is 0 Å². The van der Waals surface area contributed by atoms with E-state index in [4.69, 9.17) is 27.9 Å². The first-order valence-corrected chi connectivity index (χ1v) is 10.5. The van der Waals surface area contributed by atoms with E-state index in [1.807, 2.05) is 25.1 Å². The largest absolute Gasteiger partial charge is 0.486 e. The van der Waals surface area contributed by atoms with Crippen molar-refractivity contribution < 1.29 is 9.66 Å². The van der Waals surface area contributed by atoms with Crippen LogP contribution in [0.2, 0.25) is 10.0 Å². The molecule has 0 aliphatic carbocycles. The molecule has 164 valence electrons. The monoisotopic (exact) mass is 478 g/mol. The lowest BCUT2D eigenvalue weighted by atomic mass is 10.1. The summed E-state index contributed by atoms with van der Waals surface area (Å²) in [7, 11) is 0. The molecule has 0 atom stereocenters. The van der Waals surface area contributed by atoms with Crippen LogP contribution in [0.25, 0.3) is 22.7 Å². The van der Waals surface area contributed by atoms with Gasteiger partial charge in [-0.05, 0) is 66.1 Å². The summed E-state index contributed by atoms with van der Waals surface area (Å²) < 4.78 is 5.74. The molecular weight excluding hydrogens is 463 g/mol. The molecule has 0 amide bonds. The minimum atomic E-state index is -0.466. The van der Waals surface area contributed by atoms with Crippen LogP contribution in [0.15, 0.2) is 54.6 Å². The van der Waals surface area contributed by atoms with E-state index in [1.54, 1.807) is 30.3 Å². The fourth-order valence-electron chi connectivity index (χ4n) is 3.24. The van der Waals surface area contributed by atoms with Crippen LogP contribution in [0.5, 0.6) is 5.75 Å². The normalized spacial score (nSPS) is 11.4. The molecule has 0 bridgehead atoms. The van der Waals surface area contributed by atoms with Gasteiger partial charge in [-0.15, -0.1) is 0 Å². The number of hydrogen-bond acceptors (Lipinski definition) is 5. The number of hydrogen-bond donors (Lipinski definition) is 1. The van der Waals surface area contributed by atoms with E-state index in [0.29, 0.717) is 17.0 Å². The van der Waals surface area contributed by atoms with Crippen LogP contribution in [0.4, 0.5) is 5.69 Å². The topological polar surface area (TPSA) is 105 Å². The Morgan fingerprint density at radius 2 is 1.88 bits per heavy atom. The summed E-state index contributed by atoms with van der Waals surface area (Å²) in [6.45, 7) is 2.12. The van der Waals surface area contributed by atoms with Crippen molar-refractivity contribution in [1.29, 1.82) is 5.26 Å². The standard InChI is InChI=1S/C24H16Cl2N4O3/c1-14-2-7-21-22(8-14)29-24(28-21)17(12-27)9-16-10-19(25)23(20(26)11-16)33-13-15-3-5-18(6-4-15)30(31)32/h2-11H,13H2,1H3,(H,28,29)/b17-9-. The molecule has 1 N–H and O–H groups in total. The zero-order chi connectivity index (χ0) is 23.5. The van der Waals surface area contributed by atoms with Crippen LogP contribution in [-0.4, -0.2) is 14.9 Å². The Labute approximate surface area is 199 Å². The van der Waals surface area contributed by atoms with Crippen LogP contribution in [0, 0.1) is 28.4 Å². The number of aryl methyl sites for hydroxylation is 1. The minimum absolute atomic E-state index is 0.00107. The van der Waals surface area contributed by atoms with Crippen LogP contribution in [0.3, 0.4) is 0 Å². The third-order valence-corrected chi connectivity index (χ3v) is 5.44. The van der Waals surface area contributed by atoms with Crippen LogP contribution >= 0.6 is 23.2 Å². The molecule has 1 heterocycles. The fraction of sp³-hybridized carbons (Fsp3) is 0.0833. The van der Waals surface area contributed by atoms with Gasteiger partial charge in [-0.25, -0.2) is 4.98 Å². The summed E-state index contributed by atoms with van der Waals surface area (Å²) >= 11 is 12.8. The SMILES string of the molecule is Cc1ccc2nc(/C(C#N)=C\c3cc(Cl)c(OCc4ccc([N+](=O)[O-])cc4)c(Cl)c3)[nH]c2c1. The zero-order valence-corrected chi connectivity index (χ0v) is 18.8. The molecule has 0 aliphatic rings. The number of aromatic amines is 1. The lowest BCUT2D eigenvalue weighted by Gasteiger charge is -2.11. The first-order valence-electron chi connectivity index (χ1n) is 9.78. The van der Waals surface area contributed by atoms with Crippen molar-refractivity contribution in [3.05, 3.63) is 97.3 Å². The quantitative estimate of drug-likeness (QED) is 0.188. The Morgan fingerprint density at radius 1 is 1.18 bits per heavy atom. The number of non-ortho nitro benzene ring substituents is 1. The molecule has 0 radical (unpaired) electrons. The van der Waals surface area contributed by atoms with Crippen LogP contribution in [0.1, 0.15) is 22.5 Å². The molecule has 0 spiro atoms. The number of nitro benzene ring substituents is 1. The second-order valence-electron chi connectivity index (χ2n) is 7.30. The third kappa shape index (κ3) is 4.98. The highest BCUT2D eigenvalue weighted by Crippen LogP contribution is 2.36. The predicted molar refractivity (Wildman–Crippen MR) is 128 cm³/mol. The predicted octanol–water partition coefficient (Wildman–Crippen LogP) is 6.73. The van der Waals surface area contributed by atoms with Gasteiger partial charge in [0.2, 0.25) is 0 Å². The molecule has 4 rings (SSSR count). The number of H-pyrrole nitrogens is 1. The van der Waals surface area contributed by atoms with Crippen LogP contribution < -0.4 is 4.74 Å². The highest BCUT2D eigenvalue weighted by atomic mass is 35.5. The molecule has 0 fully saturated rings. The maximum Gasteiger partial charge on any atom is 0.269 e. The third-order valence-electron chi connectivity index (χ3n) is 4.87. The molecule has 1 aromatic heterocycles. The Morgan fingerprint density at radius 3 is 2.52 bits per heavy atom. The lowest BCUT2D eigenvalue weighted by Crippen LogP contribution is -1.98. The van der Waals surface area contributed by atoms with Gasteiger partial charge in [0, 0.05) is 12.1 Å². The van der Waals surface area contributed by atoms with Crippen molar-refractivity contribution in [3.63, 3.8) is 0 Å². The van der Waals surface area contributed by atoms with Gasteiger partial charge in [0.1, 0.15) is 18.5 Å². The number of halogens is 2. The minimum Gasteiger partial charge on any atom is -0.486 e. The molecule has 0 saturated carbocycles. The Bertz CT molecular complexity index is 1410. The van der Waals surface area contributed by atoms with Gasteiger partial charge in [0.25, 0.3) is 5.69 Å². The highest BCUT2D eigenvalue weighted by Gasteiger charge is 2.13. The molecule has 0 aliphatic heterocycles. The van der Waals surface area contributed by atoms with E-state index >= 15 is 0 Å². The van der Waals surface area contributed by atoms with E-state index in [1.165, 1.54) is 12.1 Å². The van der Waals surface area contributed by atoms with Gasteiger partial charge in [0.15, 0.2) is 5.75 Å². The molecule has 0 unspecified atom stereocenters. The van der Waals surface area contributed by atoms with Gasteiger partial charge in [-0.2, -0.15) is 5.26 Å². The maximum absolute atomic E-state index is 10.8. The number of fused-ring (bicyclic) bond motifs is 1. The number of nitrogens with one attached hydrogen (secondary N) is 1. The summed E-state index contributed by atoms with van der Waals surface area (Å²) in [6, 6.07) is 17.3. The van der Waals surface area contributed by atoms with Gasteiger partial charge < -0.3 is 9.72 Å². The molecule has 33 heavy (non-hydrogen) atoms. The first kappa shape index (κ1) is 22.3. The molecule has 4 aromatic rings. The second kappa shape index (κ2) is 9.33. The number of imidazole rings is 1. The van der Waals surface area contributed by atoms with Gasteiger partial charge in [0.05, 0.1) is 31.6 Å². The van der Waals surface area contributed by atoms with Crippen molar-refractivity contribution in [2.75, 3.05) is 0 Å². The zero-order valence-electron chi connectivity index (χ0n) is 17.3. The van der Waals surface area contributed by atoms with Gasteiger partial charge >= 0.3 is 0 Å². The van der Waals surface area contributed by atoms with Gasteiger partial charge in [-0.1, -0.05) is 29.3 Å². The van der Waals surface area contributed by atoms with E-state index in [0.717, 1.165) is 22.2 Å². The first-order chi connectivity index (χ1) is 15.8. The van der Waals surface area contributed by atoms with E-state index in [2.05, 4.69) is 16.0 Å². The summed E-state index contributed by atoms with van der Waals surface area (Å²) in [4.78, 5) is 18.0. The Kier molecular flexibility index (Phi) is 6.31. The van der Waals surface area contributed by atoms with Crippen molar-refractivity contribution in [3.8, 4) is 11.8 Å². The lowest BCUT2D eigenvalue weighted by molar-refractivity contribution is -0.384. The van der Waals surface area contributed by atoms with E-state index in [-0.39, 0.29) is 28.1 Å². The summed E-state index contributed by atoms with van der Waals surface area (Å²) in [5.74, 6) is 0.732. The Hall–Kier alpha value is -3.86. The average molecular weight is 479 g/mol. The number of rotatable bonds is 6. The van der Waals surface area contributed by atoms with Crippen LogP contribution in [-0.2, 0) is 6.61 Å². The molecule has 9 heteroatoms. The van der Waals surface area contributed by atoms with Crippen molar-refractivity contribution in [1.82, 2.24) is 9.97 Å². The number of benzene rings is 3. The summed E-state index contributed by atoms with van der Waals surface area (Å²) in [5.41, 5.74) is 4.36.